The number of halogens is 3. The van der Waals surface area contributed by atoms with Crippen molar-refractivity contribution in [2.75, 3.05) is 6.54 Å². The van der Waals surface area contributed by atoms with Crippen LogP contribution in [0.5, 0.6) is 0 Å². The molecule has 2 N–H and O–H groups in total. The number of carbonyl (C=O) groups is 1. The first-order valence-electron chi connectivity index (χ1n) is 6.65. The van der Waals surface area contributed by atoms with Crippen molar-refractivity contribution in [2.24, 2.45) is 7.05 Å². The summed E-state index contributed by atoms with van der Waals surface area (Å²) in [5, 5.41) is 2.62. The van der Waals surface area contributed by atoms with Crippen LogP contribution >= 0.6 is 0 Å². The molecule has 23 heavy (non-hydrogen) atoms. The number of aryl methyl sites for hydroxylation is 1. The molecule has 0 spiro atoms. The number of aromatic nitrogens is 4. The van der Waals surface area contributed by atoms with Crippen LogP contribution in [0.2, 0.25) is 0 Å². The summed E-state index contributed by atoms with van der Waals surface area (Å²) in [4.78, 5) is 23.1. The molecule has 3 heterocycles. The average Bonchev–Trinajstić information content (AvgIpc) is 3.09. The second-order valence-electron chi connectivity index (χ2n) is 4.99. The highest BCUT2D eigenvalue weighted by Gasteiger charge is 2.28. The molecule has 0 atom stereocenters. The number of nitrogens with one attached hydrogen (secondary N) is 2. The fourth-order valence-electron chi connectivity index (χ4n) is 2.29. The molecule has 0 aliphatic carbocycles. The Morgan fingerprint density at radius 2 is 2.22 bits per heavy atom. The van der Waals surface area contributed by atoms with E-state index in [1.165, 1.54) is 17.0 Å². The molecule has 122 valence electrons. The van der Waals surface area contributed by atoms with Gasteiger partial charge >= 0.3 is 6.18 Å². The van der Waals surface area contributed by atoms with E-state index >= 15 is 0 Å². The van der Waals surface area contributed by atoms with E-state index in [0.717, 1.165) is 5.39 Å². The minimum Gasteiger partial charge on any atom is -0.346 e. The number of hydrogen-bond acceptors (Lipinski definition) is 3. The summed E-state index contributed by atoms with van der Waals surface area (Å²) in [7, 11) is 1.58. The number of H-pyrrole nitrogens is 1. The van der Waals surface area contributed by atoms with Crippen molar-refractivity contribution in [1.29, 1.82) is 0 Å². The SMILES string of the molecule is Cn1cc(-c2ncnc3[nH]ccc23)cc1C(=O)NCC(F)(F)F.[HH]. The van der Waals surface area contributed by atoms with Gasteiger partial charge < -0.3 is 14.9 Å². The van der Waals surface area contributed by atoms with Crippen LogP contribution in [0.15, 0.2) is 30.9 Å². The largest absolute Gasteiger partial charge is 0.405 e. The van der Waals surface area contributed by atoms with Crippen molar-refractivity contribution in [3.63, 3.8) is 0 Å². The number of hydrogen-bond donors (Lipinski definition) is 2. The van der Waals surface area contributed by atoms with E-state index in [1.54, 1.807) is 25.5 Å². The fraction of sp³-hybridized carbons (Fsp3) is 0.214. The predicted molar refractivity (Wildman–Crippen MR) is 78.8 cm³/mol. The molecular weight excluding hydrogens is 311 g/mol. The molecule has 0 bridgehead atoms. The Morgan fingerprint density at radius 1 is 1.43 bits per heavy atom. The molecule has 0 aliphatic heterocycles. The molecule has 0 aromatic carbocycles. The maximum atomic E-state index is 12.2. The van der Waals surface area contributed by atoms with Crippen LogP contribution in [0.1, 0.15) is 11.9 Å². The summed E-state index contributed by atoms with van der Waals surface area (Å²) in [5.74, 6) is -0.796. The molecule has 0 radical (unpaired) electrons. The molecule has 9 heteroatoms. The number of fused-ring (bicyclic) bond motifs is 1. The van der Waals surface area contributed by atoms with Crippen LogP contribution in [0.25, 0.3) is 22.3 Å². The normalized spacial score (nSPS) is 11.8. The van der Waals surface area contributed by atoms with Gasteiger partial charge in [-0.2, -0.15) is 13.2 Å². The van der Waals surface area contributed by atoms with Crippen LogP contribution in [0.3, 0.4) is 0 Å². The Morgan fingerprint density at radius 3 is 2.96 bits per heavy atom. The maximum Gasteiger partial charge on any atom is 0.405 e. The summed E-state index contributed by atoms with van der Waals surface area (Å²) in [6.07, 6.45) is 0.276. The fourth-order valence-corrected chi connectivity index (χ4v) is 2.29. The lowest BCUT2D eigenvalue weighted by Crippen LogP contribution is -2.34. The van der Waals surface area contributed by atoms with Crippen molar-refractivity contribution < 1.29 is 19.4 Å². The highest BCUT2D eigenvalue weighted by Crippen LogP contribution is 2.26. The minimum absolute atomic E-state index is 0. The molecule has 3 rings (SSSR count). The van der Waals surface area contributed by atoms with Crippen molar-refractivity contribution in [1.82, 2.24) is 24.8 Å². The Labute approximate surface area is 129 Å². The van der Waals surface area contributed by atoms with Gasteiger partial charge in [-0.1, -0.05) is 0 Å². The van der Waals surface area contributed by atoms with Gasteiger partial charge in [0.15, 0.2) is 0 Å². The van der Waals surface area contributed by atoms with Crippen molar-refractivity contribution in [3.8, 4) is 11.3 Å². The van der Waals surface area contributed by atoms with Gasteiger partial charge in [-0.05, 0) is 12.1 Å². The summed E-state index contributed by atoms with van der Waals surface area (Å²) < 4.78 is 38.1. The maximum absolute atomic E-state index is 12.2. The summed E-state index contributed by atoms with van der Waals surface area (Å²) in [6.45, 7) is -1.37. The first kappa shape index (κ1) is 15.1. The van der Waals surface area contributed by atoms with Crippen LogP contribution in [-0.2, 0) is 7.05 Å². The molecule has 0 unspecified atom stereocenters. The molecule has 0 saturated carbocycles. The Balaban J connectivity index is 0.00000208. The molecule has 0 saturated heterocycles. The number of carbonyl (C=O) groups excluding carboxylic acids is 1. The molecule has 3 aromatic heterocycles. The smallest absolute Gasteiger partial charge is 0.346 e. The van der Waals surface area contributed by atoms with E-state index in [2.05, 4.69) is 15.0 Å². The minimum atomic E-state index is -4.45. The van der Waals surface area contributed by atoms with Crippen molar-refractivity contribution in [3.05, 3.63) is 36.5 Å². The van der Waals surface area contributed by atoms with E-state index < -0.39 is 18.6 Å². The van der Waals surface area contributed by atoms with E-state index in [0.29, 0.717) is 16.9 Å². The Hall–Kier alpha value is -2.84. The zero-order chi connectivity index (χ0) is 16.6. The van der Waals surface area contributed by atoms with Gasteiger partial charge in [-0.25, -0.2) is 9.97 Å². The van der Waals surface area contributed by atoms with Gasteiger partial charge in [0.05, 0.1) is 5.69 Å². The van der Waals surface area contributed by atoms with Gasteiger partial charge in [0.25, 0.3) is 5.91 Å². The van der Waals surface area contributed by atoms with E-state index in [-0.39, 0.29) is 7.12 Å². The number of aromatic amines is 1. The third-order valence-corrected chi connectivity index (χ3v) is 3.31. The van der Waals surface area contributed by atoms with Gasteiger partial charge in [-0.3, -0.25) is 4.79 Å². The van der Waals surface area contributed by atoms with Crippen LogP contribution in [0, 0.1) is 0 Å². The summed E-state index contributed by atoms with van der Waals surface area (Å²) in [5.41, 5.74) is 1.98. The quantitative estimate of drug-likeness (QED) is 0.777. The number of alkyl halides is 3. The van der Waals surface area contributed by atoms with Gasteiger partial charge in [0.2, 0.25) is 0 Å². The van der Waals surface area contributed by atoms with Crippen LogP contribution in [0.4, 0.5) is 13.2 Å². The zero-order valence-corrected chi connectivity index (χ0v) is 12.0. The lowest BCUT2D eigenvalue weighted by molar-refractivity contribution is -0.123. The van der Waals surface area contributed by atoms with Crippen LogP contribution in [-0.4, -0.2) is 38.1 Å². The monoisotopic (exact) mass is 325 g/mol. The third kappa shape index (κ3) is 3.03. The number of amides is 1. The van der Waals surface area contributed by atoms with Gasteiger partial charge in [0, 0.05) is 31.8 Å². The average molecular weight is 325 g/mol. The second-order valence-corrected chi connectivity index (χ2v) is 4.99. The first-order valence-corrected chi connectivity index (χ1v) is 6.65. The third-order valence-electron chi connectivity index (χ3n) is 3.31. The summed E-state index contributed by atoms with van der Waals surface area (Å²) in [6, 6.07) is 3.29. The topological polar surface area (TPSA) is 75.6 Å². The lowest BCUT2D eigenvalue weighted by atomic mass is 10.1. The highest BCUT2D eigenvalue weighted by atomic mass is 19.4. The zero-order valence-electron chi connectivity index (χ0n) is 12.0. The Kier molecular flexibility index (Phi) is 3.55. The van der Waals surface area contributed by atoms with E-state index in [1.807, 2.05) is 5.32 Å². The lowest BCUT2D eigenvalue weighted by Gasteiger charge is -2.08. The standard InChI is InChI=1S/C14H12F3N5O.H2/c1-22-5-8(4-10(22)13(23)19-6-14(15,16)17)11-9-2-3-18-12(9)21-7-20-11;/h2-5,7H,6H2,1H3,(H,19,23)(H,18,20,21);1H. The number of nitrogens with zero attached hydrogens (tertiary/aromatic N) is 3. The molecule has 0 fully saturated rings. The Bertz CT molecular complexity index is 871. The van der Waals surface area contributed by atoms with E-state index in [9.17, 15) is 18.0 Å². The molecule has 3 aromatic rings. The van der Waals surface area contributed by atoms with E-state index in [4.69, 9.17) is 0 Å². The van der Waals surface area contributed by atoms with Gasteiger partial charge in [0.1, 0.15) is 24.2 Å². The summed E-state index contributed by atoms with van der Waals surface area (Å²) >= 11 is 0. The number of rotatable bonds is 3. The molecule has 1 amide bonds. The molecule has 0 aliphatic rings. The van der Waals surface area contributed by atoms with Gasteiger partial charge in [-0.15, -0.1) is 0 Å². The predicted octanol–water partition coefficient (Wildman–Crippen LogP) is 2.50. The van der Waals surface area contributed by atoms with Crippen LogP contribution < -0.4 is 5.32 Å². The van der Waals surface area contributed by atoms with Crippen molar-refractivity contribution in [2.45, 2.75) is 6.18 Å². The van der Waals surface area contributed by atoms with Crippen molar-refractivity contribution >= 4 is 16.9 Å². The first-order chi connectivity index (χ1) is 10.8. The second kappa shape index (κ2) is 5.41. The molecule has 6 nitrogen and oxygen atoms in total. The molecular formula is C14H14F3N5O. The highest BCUT2D eigenvalue weighted by molar-refractivity contribution is 5.96.